The fourth-order valence-corrected chi connectivity index (χ4v) is 1.28. The molecule has 0 aliphatic rings. The van der Waals surface area contributed by atoms with Crippen LogP contribution in [-0.4, -0.2) is 15.9 Å². The molecule has 0 bridgehead atoms. The van der Waals surface area contributed by atoms with Crippen LogP contribution in [0.5, 0.6) is 0 Å². The van der Waals surface area contributed by atoms with E-state index in [0.29, 0.717) is 5.69 Å². The third-order valence-corrected chi connectivity index (χ3v) is 2.23. The van der Waals surface area contributed by atoms with Crippen molar-refractivity contribution in [2.24, 2.45) is 0 Å². The lowest BCUT2D eigenvalue weighted by molar-refractivity contribution is -0.111. The van der Waals surface area contributed by atoms with Crippen molar-refractivity contribution in [3.63, 3.8) is 0 Å². The summed E-state index contributed by atoms with van der Waals surface area (Å²) in [6, 6.07) is 0. The topological polar surface area (TPSA) is 54.9 Å². The van der Waals surface area contributed by atoms with Gasteiger partial charge in [0.15, 0.2) is 0 Å². The van der Waals surface area contributed by atoms with Gasteiger partial charge in [0.25, 0.3) is 0 Å². The number of nitrogens with one attached hydrogen (secondary N) is 1. The fourth-order valence-electron chi connectivity index (χ4n) is 1.28. The molecule has 0 aromatic carbocycles. The SMILES string of the molecule is C=CC(=O)Nc1cnc(CCCC)nc1C. The van der Waals surface area contributed by atoms with E-state index < -0.39 is 0 Å². The second-order valence-electron chi connectivity index (χ2n) is 3.58. The Morgan fingerprint density at radius 1 is 1.62 bits per heavy atom. The Morgan fingerprint density at radius 3 is 2.94 bits per heavy atom. The first-order chi connectivity index (χ1) is 7.67. The highest BCUT2D eigenvalue weighted by Gasteiger charge is 2.04. The maximum Gasteiger partial charge on any atom is 0.247 e. The Labute approximate surface area is 95.8 Å². The number of unbranched alkanes of at least 4 members (excludes halogenated alkanes) is 1. The minimum atomic E-state index is -0.243. The Kier molecular flexibility index (Phi) is 4.64. The van der Waals surface area contributed by atoms with Gasteiger partial charge in [-0.2, -0.15) is 0 Å². The molecule has 1 rings (SSSR count). The Hall–Kier alpha value is -1.71. The van der Waals surface area contributed by atoms with E-state index >= 15 is 0 Å². The number of hydrogen-bond acceptors (Lipinski definition) is 3. The Morgan fingerprint density at radius 2 is 2.38 bits per heavy atom. The van der Waals surface area contributed by atoms with Crippen molar-refractivity contribution in [1.29, 1.82) is 0 Å². The minimum Gasteiger partial charge on any atom is -0.320 e. The molecule has 0 saturated heterocycles. The third kappa shape index (κ3) is 3.46. The van der Waals surface area contributed by atoms with Gasteiger partial charge in [0.1, 0.15) is 5.82 Å². The van der Waals surface area contributed by atoms with Crippen molar-refractivity contribution in [1.82, 2.24) is 9.97 Å². The zero-order chi connectivity index (χ0) is 12.0. The number of carbonyl (C=O) groups is 1. The molecule has 0 atom stereocenters. The average Bonchev–Trinajstić information content (AvgIpc) is 2.29. The number of nitrogens with zero attached hydrogens (tertiary/aromatic N) is 2. The van der Waals surface area contributed by atoms with Crippen LogP contribution in [0.1, 0.15) is 31.3 Å². The summed E-state index contributed by atoms with van der Waals surface area (Å²) >= 11 is 0. The van der Waals surface area contributed by atoms with E-state index in [1.165, 1.54) is 6.08 Å². The first kappa shape index (κ1) is 12.4. The second-order valence-corrected chi connectivity index (χ2v) is 3.58. The van der Waals surface area contributed by atoms with Crippen LogP contribution in [-0.2, 0) is 11.2 Å². The molecule has 1 N–H and O–H groups in total. The lowest BCUT2D eigenvalue weighted by Crippen LogP contribution is -2.10. The van der Waals surface area contributed by atoms with Crippen LogP contribution < -0.4 is 5.32 Å². The van der Waals surface area contributed by atoms with E-state index in [-0.39, 0.29) is 5.91 Å². The zero-order valence-corrected chi connectivity index (χ0v) is 9.79. The molecule has 0 unspecified atom stereocenters. The lowest BCUT2D eigenvalue weighted by atomic mass is 10.2. The summed E-state index contributed by atoms with van der Waals surface area (Å²) in [6.07, 6.45) is 5.96. The summed E-state index contributed by atoms with van der Waals surface area (Å²) in [7, 11) is 0. The predicted octanol–water partition coefficient (Wildman–Crippen LogP) is 2.25. The van der Waals surface area contributed by atoms with Gasteiger partial charge in [-0.05, 0) is 19.4 Å². The van der Waals surface area contributed by atoms with Gasteiger partial charge in [-0.1, -0.05) is 19.9 Å². The lowest BCUT2D eigenvalue weighted by Gasteiger charge is -2.06. The van der Waals surface area contributed by atoms with Crippen LogP contribution in [0.25, 0.3) is 0 Å². The molecule has 0 saturated carbocycles. The first-order valence-electron chi connectivity index (χ1n) is 5.43. The maximum atomic E-state index is 11.1. The molecule has 86 valence electrons. The first-order valence-corrected chi connectivity index (χ1v) is 5.43. The largest absolute Gasteiger partial charge is 0.320 e. The van der Waals surface area contributed by atoms with Crippen molar-refractivity contribution in [3.8, 4) is 0 Å². The number of rotatable bonds is 5. The highest BCUT2D eigenvalue weighted by Crippen LogP contribution is 2.11. The van der Waals surface area contributed by atoms with Crippen molar-refractivity contribution < 1.29 is 4.79 Å². The summed E-state index contributed by atoms with van der Waals surface area (Å²) in [5.74, 6) is 0.587. The van der Waals surface area contributed by atoms with Crippen LogP contribution in [0.4, 0.5) is 5.69 Å². The number of amides is 1. The maximum absolute atomic E-state index is 11.1. The van der Waals surface area contributed by atoms with E-state index in [1.807, 2.05) is 6.92 Å². The van der Waals surface area contributed by atoms with Gasteiger partial charge in [0.2, 0.25) is 5.91 Å². The van der Waals surface area contributed by atoms with Gasteiger partial charge >= 0.3 is 0 Å². The monoisotopic (exact) mass is 219 g/mol. The molecule has 1 aromatic heterocycles. The van der Waals surface area contributed by atoms with Gasteiger partial charge in [0, 0.05) is 6.42 Å². The van der Waals surface area contributed by atoms with E-state index in [1.54, 1.807) is 6.20 Å². The molecule has 4 nitrogen and oxygen atoms in total. The molecule has 0 radical (unpaired) electrons. The van der Waals surface area contributed by atoms with Crippen molar-refractivity contribution in [2.75, 3.05) is 5.32 Å². The summed E-state index contributed by atoms with van der Waals surface area (Å²) < 4.78 is 0. The molecule has 0 spiro atoms. The molecule has 0 aliphatic carbocycles. The summed E-state index contributed by atoms with van der Waals surface area (Å²) in [6.45, 7) is 7.38. The highest BCUT2D eigenvalue weighted by atomic mass is 16.1. The van der Waals surface area contributed by atoms with Crippen LogP contribution in [0.2, 0.25) is 0 Å². The van der Waals surface area contributed by atoms with E-state index in [2.05, 4.69) is 28.8 Å². The molecule has 1 aromatic rings. The second kappa shape index (κ2) is 6.00. The van der Waals surface area contributed by atoms with Gasteiger partial charge in [-0.15, -0.1) is 0 Å². The Bertz CT molecular complexity index is 388. The number of aromatic nitrogens is 2. The van der Waals surface area contributed by atoms with Crippen molar-refractivity contribution in [2.45, 2.75) is 33.1 Å². The van der Waals surface area contributed by atoms with Gasteiger partial charge < -0.3 is 5.32 Å². The predicted molar refractivity (Wildman–Crippen MR) is 64.2 cm³/mol. The highest BCUT2D eigenvalue weighted by molar-refractivity contribution is 5.99. The van der Waals surface area contributed by atoms with Gasteiger partial charge in [-0.25, -0.2) is 9.97 Å². The fraction of sp³-hybridized carbons (Fsp3) is 0.417. The standard InChI is InChI=1S/C12H17N3O/c1-4-6-7-11-13-8-10(9(3)14-11)15-12(16)5-2/h5,8H,2,4,6-7H2,1,3H3,(H,15,16). The van der Waals surface area contributed by atoms with Gasteiger partial charge in [0.05, 0.1) is 17.6 Å². The summed E-state index contributed by atoms with van der Waals surface area (Å²) in [5, 5.41) is 2.66. The minimum absolute atomic E-state index is 0.243. The smallest absolute Gasteiger partial charge is 0.247 e. The van der Waals surface area contributed by atoms with Crippen molar-refractivity contribution >= 4 is 11.6 Å². The third-order valence-electron chi connectivity index (χ3n) is 2.23. The van der Waals surface area contributed by atoms with E-state index in [0.717, 1.165) is 30.8 Å². The normalized spacial score (nSPS) is 9.88. The Balaban J connectivity index is 2.74. The number of anilines is 1. The quantitative estimate of drug-likeness (QED) is 0.773. The van der Waals surface area contributed by atoms with Crippen LogP contribution in [0.15, 0.2) is 18.9 Å². The van der Waals surface area contributed by atoms with Gasteiger partial charge in [-0.3, -0.25) is 4.79 Å². The number of aryl methyl sites for hydroxylation is 2. The molecule has 0 fully saturated rings. The zero-order valence-electron chi connectivity index (χ0n) is 9.79. The summed E-state index contributed by atoms with van der Waals surface area (Å²) in [5.41, 5.74) is 1.43. The molecule has 1 heterocycles. The van der Waals surface area contributed by atoms with E-state index in [9.17, 15) is 4.79 Å². The van der Waals surface area contributed by atoms with Crippen molar-refractivity contribution in [3.05, 3.63) is 30.4 Å². The van der Waals surface area contributed by atoms with E-state index in [4.69, 9.17) is 0 Å². The average molecular weight is 219 g/mol. The van der Waals surface area contributed by atoms with Crippen LogP contribution in [0.3, 0.4) is 0 Å². The van der Waals surface area contributed by atoms with Crippen LogP contribution in [0, 0.1) is 6.92 Å². The number of carbonyl (C=O) groups excluding carboxylic acids is 1. The summed E-state index contributed by atoms with van der Waals surface area (Å²) in [4.78, 5) is 19.6. The molecular formula is C12H17N3O. The molecular weight excluding hydrogens is 202 g/mol. The molecule has 16 heavy (non-hydrogen) atoms. The molecule has 4 heteroatoms. The molecule has 1 amide bonds. The van der Waals surface area contributed by atoms with Crippen LogP contribution >= 0.6 is 0 Å². The number of hydrogen-bond donors (Lipinski definition) is 1. The molecule has 0 aliphatic heterocycles.